The number of hydrogen-bond acceptors (Lipinski definition) is 10. The second-order valence-corrected chi connectivity index (χ2v) is 9.59. The zero-order valence-electron chi connectivity index (χ0n) is 20.4. The zero-order valence-corrected chi connectivity index (χ0v) is 20.4. The van der Waals surface area contributed by atoms with Crippen LogP contribution in [0.15, 0.2) is 24.3 Å². The Kier molecular flexibility index (Phi) is 7.83. The topological polar surface area (TPSA) is 106 Å². The van der Waals surface area contributed by atoms with Crippen LogP contribution < -0.4 is 4.74 Å². The first kappa shape index (κ1) is 25.3. The van der Waals surface area contributed by atoms with Crippen LogP contribution in [0.25, 0.3) is 0 Å². The van der Waals surface area contributed by atoms with Crippen LogP contribution >= 0.6 is 0 Å². The van der Waals surface area contributed by atoms with Crippen molar-refractivity contribution in [2.45, 2.75) is 38.0 Å². The number of ketones is 2. The molecule has 4 saturated heterocycles. The summed E-state index contributed by atoms with van der Waals surface area (Å²) in [6.45, 7) is 3.98. The molecule has 1 spiro atoms. The van der Waals surface area contributed by atoms with E-state index in [0.717, 1.165) is 11.3 Å². The van der Waals surface area contributed by atoms with Gasteiger partial charge in [-0.2, -0.15) is 0 Å². The fraction of sp³-hybridized carbons (Fsp3) is 0.600. The summed E-state index contributed by atoms with van der Waals surface area (Å²) in [5.41, 5.74) is 1.10. The third-order valence-electron chi connectivity index (χ3n) is 6.59. The lowest BCUT2D eigenvalue weighted by Crippen LogP contribution is -2.52. The van der Waals surface area contributed by atoms with Gasteiger partial charge in [0.05, 0.1) is 45.6 Å². The molecule has 1 aromatic rings. The van der Waals surface area contributed by atoms with E-state index in [-0.39, 0.29) is 56.6 Å². The lowest BCUT2D eigenvalue weighted by molar-refractivity contribution is -0.236. The molecular formula is C25H33N3O7. The van der Waals surface area contributed by atoms with Gasteiger partial charge in [0, 0.05) is 25.7 Å². The molecule has 4 aliphatic heterocycles. The van der Waals surface area contributed by atoms with Crippen LogP contribution in [0.5, 0.6) is 5.75 Å². The highest BCUT2D eigenvalue weighted by atomic mass is 16.7. The Balaban J connectivity index is 1.64. The maximum Gasteiger partial charge on any atom is 0.323 e. The number of ether oxygens (including phenoxy) is 3. The Morgan fingerprint density at radius 1 is 0.886 bits per heavy atom. The van der Waals surface area contributed by atoms with E-state index in [9.17, 15) is 19.2 Å². The molecule has 5 rings (SSSR count). The lowest BCUT2D eigenvalue weighted by Gasteiger charge is -2.36. The minimum absolute atomic E-state index is 0.0402. The van der Waals surface area contributed by atoms with Crippen LogP contribution in [-0.4, -0.2) is 110 Å². The fourth-order valence-corrected chi connectivity index (χ4v) is 4.99. The summed E-state index contributed by atoms with van der Waals surface area (Å²) >= 11 is 0. The highest BCUT2D eigenvalue weighted by Gasteiger charge is 2.46. The normalized spacial score (nSPS) is 30.7. The van der Waals surface area contributed by atoms with Gasteiger partial charge in [0.1, 0.15) is 5.75 Å². The van der Waals surface area contributed by atoms with Gasteiger partial charge in [-0.15, -0.1) is 0 Å². The molecule has 10 nitrogen and oxygen atoms in total. The van der Waals surface area contributed by atoms with Crippen molar-refractivity contribution in [3.05, 3.63) is 29.8 Å². The first-order valence-electron chi connectivity index (χ1n) is 12.1. The standard InChI is InChI=1S/C25H33N3O7/c1-3-33-22-6-4-18(5-7-22)10-19-13-27-8-9-28-16-23(31)34-25(12-21(30)15-27,35-24(32)17-28)11-20(29)14-26(19)2/h4-7,19H,3,8-17H2,1-2H3/t19-/m0/s1. The van der Waals surface area contributed by atoms with E-state index < -0.39 is 17.7 Å². The number of rotatable bonds is 4. The minimum atomic E-state index is -1.89. The van der Waals surface area contributed by atoms with Gasteiger partial charge >= 0.3 is 11.9 Å². The van der Waals surface area contributed by atoms with Crippen LogP contribution in [0.2, 0.25) is 0 Å². The van der Waals surface area contributed by atoms with Gasteiger partial charge in [-0.05, 0) is 38.1 Å². The number of fused-ring (bicyclic) bond motifs is 5. The average molecular weight is 488 g/mol. The molecule has 0 aromatic heterocycles. The summed E-state index contributed by atoms with van der Waals surface area (Å²) in [4.78, 5) is 57.0. The van der Waals surface area contributed by atoms with E-state index in [1.807, 2.05) is 48.0 Å². The predicted octanol–water partition coefficient (Wildman–Crippen LogP) is 0.274. The van der Waals surface area contributed by atoms with Gasteiger partial charge in [-0.25, -0.2) is 0 Å². The van der Waals surface area contributed by atoms with Gasteiger partial charge in [0.25, 0.3) is 5.79 Å². The molecule has 0 amide bonds. The van der Waals surface area contributed by atoms with E-state index in [1.54, 1.807) is 4.90 Å². The number of carbonyl (C=O) groups is 4. The van der Waals surface area contributed by atoms with Gasteiger partial charge in [-0.1, -0.05) is 12.1 Å². The Hall–Kier alpha value is -2.82. The first-order chi connectivity index (χ1) is 16.7. The molecule has 1 unspecified atom stereocenters. The summed E-state index contributed by atoms with van der Waals surface area (Å²) in [7, 11) is 1.87. The molecular weight excluding hydrogens is 454 g/mol. The van der Waals surface area contributed by atoms with Gasteiger partial charge in [0.15, 0.2) is 11.6 Å². The summed E-state index contributed by atoms with van der Waals surface area (Å²) in [5.74, 6) is -2.80. The summed E-state index contributed by atoms with van der Waals surface area (Å²) < 4.78 is 16.6. The highest BCUT2D eigenvalue weighted by molar-refractivity contribution is 5.87. The van der Waals surface area contributed by atoms with E-state index in [1.165, 1.54) is 0 Å². The van der Waals surface area contributed by atoms with Crippen LogP contribution in [-0.2, 0) is 35.1 Å². The quantitative estimate of drug-likeness (QED) is 0.550. The molecule has 35 heavy (non-hydrogen) atoms. The van der Waals surface area contributed by atoms with Crippen molar-refractivity contribution in [2.75, 3.05) is 59.5 Å². The smallest absolute Gasteiger partial charge is 0.323 e. The molecule has 4 aliphatic rings. The van der Waals surface area contributed by atoms with Crippen molar-refractivity contribution >= 4 is 23.5 Å². The number of benzene rings is 1. The summed E-state index contributed by atoms with van der Waals surface area (Å²) in [5, 5.41) is 0. The lowest BCUT2D eigenvalue weighted by atomic mass is 10.0. The molecule has 3 bridgehead atoms. The van der Waals surface area contributed by atoms with E-state index in [4.69, 9.17) is 14.2 Å². The minimum Gasteiger partial charge on any atom is -0.494 e. The van der Waals surface area contributed by atoms with Crippen LogP contribution in [0.4, 0.5) is 0 Å². The number of nitrogens with zero attached hydrogens (tertiary/aromatic N) is 3. The van der Waals surface area contributed by atoms with Crippen molar-refractivity contribution in [2.24, 2.45) is 0 Å². The Bertz CT molecular complexity index is 944. The van der Waals surface area contributed by atoms with E-state index in [2.05, 4.69) is 0 Å². The van der Waals surface area contributed by atoms with Gasteiger partial charge in [-0.3, -0.25) is 33.9 Å². The van der Waals surface area contributed by atoms with Crippen molar-refractivity contribution in [1.29, 1.82) is 0 Å². The average Bonchev–Trinajstić information content (AvgIpc) is 2.79. The molecule has 1 aromatic carbocycles. The number of Topliss-reactive ketones (excluding diaryl/α,β-unsaturated/α-hetero) is 2. The second-order valence-electron chi connectivity index (χ2n) is 9.59. The monoisotopic (exact) mass is 487 g/mol. The third-order valence-corrected chi connectivity index (χ3v) is 6.59. The fourth-order valence-electron chi connectivity index (χ4n) is 4.99. The SMILES string of the molecule is CCOc1ccc(C[C@H]2CN3CCN4CC(=O)OC(CC(=O)C3)(CC(=O)CN2C)OC(=O)C4)cc1. The summed E-state index contributed by atoms with van der Waals surface area (Å²) in [6.07, 6.45) is -0.00394. The largest absolute Gasteiger partial charge is 0.494 e. The van der Waals surface area contributed by atoms with Crippen molar-refractivity contribution < 1.29 is 33.4 Å². The van der Waals surface area contributed by atoms with E-state index >= 15 is 0 Å². The maximum atomic E-state index is 13.1. The maximum absolute atomic E-state index is 13.1. The zero-order chi connectivity index (χ0) is 25.0. The third kappa shape index (κ3) is 6.65. The molecule has 4 heterocycles. The van der Waals surface area contributed by atoms with Crippen LogP contribution in [0.1, 0.15) is 25.3 Å². The summed E-state index contributed by atoms with van der Waals surface area (Å²) in [6, 6.07) is 7.86. The molecule has 0 N–H and O–H groups in total. The van der Waals surface area contributed by atoms with E-state index in [0.29, 0.717) is 32.7 Å². The highest BCUT2D eigenvalue weighted by Crippen LogP contribution is 2.28. The number of likely N-dealkylation sites (N-methyl/N-ethyl adjacent to an activating group) is 1. The molecule has 0 radical (unpaired) electrons. The molecule has 2 atom stereocenters. The predicted molar refractivity (Wildman–Crippen MR) is 125 cm³/mol. The molecule has 10 heteroatoms. The van der Waals surface area contributed by atoms with Gasteiger partial charge < -0.3 is 14.2 Å². The number of carbonyl (C=O) groups excluding carboxylic acids is 4. The second kappa shape index (κ2) is 10.8. The molecule has 190 valence electrons. The number of esters is 2. The Morgan fingerprint density at radius 2 is 1.49 bits per heavy atom. The molecule has 4 fully saturated rings. The molecule has 0 aliphatic carbocycles. The van der Waals surface area contributed by atoms with Crippen LogP contribution in [0, 0.1) is 0 Å². The van der Waals surface area contributed by atoms with Crippen molar-refractivity contribution in [3.63, 3.8) is 0 Å². The Labute approximate surface area is 205 Å². The Morgan fingerprint density at radius 3 is 2.11 bits per heavy atom. The van der Waals surface area contributed by atoms with Crippen molar-refractivity contribution in [1.82, 2.24) is 14.7 Å². The molecule has 0 saturated carbocycles. The van der Waals surface area contributed by atoms with Crippen molar-refractivity contribution in [3.8, 4) is 5.75 Å². The van der Waals surface area contributed by atoms with Crippen LogP contribution in [0.3, 0.4) is 0 Å². The number of hydrogen-bond donors (Lipinski definition) is 0. The first-order valence-corrected chi connectivity index (χ1v) is 12.1. The van der Waals surface area contributed by atoms with Gasteiger partial charge in [0.2, 0.25) is 0 Å².